The van der Waals surface area contributed by atoms with Gasteiger partial charge in [-0.05, 0) is 78.0 Å². The molecule has 3 N–H and O–H groups in total. The molecule has 0 fully saturated rings. The Morgan fingerprint density at radius 2 is 1.47 bits per heavy atom. The summed E-state index contributed by atoms with van der Waals surface area (Å²) in [5, 5.41) is 16.6. The second-order valence-electron chi connectivity index (χ2n) is 13.5. The van der Waals surface area contributed by atoms with Gasteiger partial charge in [0.2, 0.25) is 11.8 Å². The van der Waals surface area contributed by atoms with Crippen molar-refractivity contribution in [3.63, 3.8) is 0 Å². The molecule has 0 radical (unpaired) electrons. The number of unbranched alkanes of at least 4 members (excludes halogenated alkanes) is 2. The molecule has 2 aromatic carbocycles. The average Bonchev–Trinajstić information content (AvgIpc) is 2.97. The molecule has 0 saturated carbocycles. The number of nitrogens with one attached hydrogen (secondary N) is 2. The summed E-state index contributed by atoms with van der Waals surface area (Å²) in [6.45, 7) is 12.6. The van der Waals surface area contributed by atoms with Crippen LogP contribution in [0.3, 0.4) is 0 Å². The molecule has 0 aliphatic rings. The minimum absolute atomic E-state index is 0.148. The minimum atomic E-state index is -1.32. The molecule has 2 aromatic rings. The molecule has 0 saturated heterocycles. The van der Waals surface area contributed by atoms with Crippen molar-refractivity contribution < 1.29 is 33.8 Å². The molecular formula is C36H53N3O7S. The summed E-state index contributed by atoms with van der Waals surface area (Å²) in [7, 11) is 0. The third kappa shape index (κ3) is 13.9. The van der Waals surface area contributed by atoms with Crippen molar-refractivity contribution in [1.82, 2.24) is 15.5 Å². The number of esters is 1. The Bertz CT molecular complexity index is 1310. The molecule has 0 aromatic heterocycles. The number of ether oxygens (including phenoxy) is 2. The number of phenolic OH excluding ortho intramolecular Hbond substituents is 1. The van der Waals surface area contributed by atoms with Gasteiger partial charge in [0.25, 0.3) is 0 Å². The van der Waals surface area contributed by atoms with Crippen molar-refractivity contribution in [2.75, 3.05) is 18.6 Å². The van der Waals surface area contributed by atoms with E-state index in [1.807, 2.05) is 43.5 Å². The summed E-state index contributed by atoms with van der Waals surface area (Å²) in [4.78, 5) is 56.7. The second kappa shape index (κ2) is 18.6. The lowest BCUT2D eigenvalue weighted by Crippen LogP contribution is -2.55. The molecule has 3 amide bonds. The zero-order valence-electron chi connectivity index (χ0n) is 29.1. The van der Waals surface area contributed by atoms with Crippen LogP contribution in [0, 0.1) is 0 Å². The Hall–Kier alpha value is -3.73. The number of nitrogens with zero attached hydrogens (tertiary/aromatic N) is 1. The van der Waals surface area contributed by atoms with Crippen molar-refractivity contribution >= 4 is 35.6 Å². The molecular weight excluding hydrogens is 618 g/mol. The van der Waals surface area contributed by atoms with Gasteiger partial charge in [-0.3, -0.25) is 9.59 Å². The van der Waals surface area contributed by atoms with Crippen molar-refractivity contribution in [1.29, 1.82) is 0 Å². The first-order chi connectivity index (χ1) is 22.1. The van der Waals surface area contributed by atoms with Crippen LogP contribution >= 0.6 is 11.8 Å². The van der Waals surface area contributed by atoms with Gasteiger partial charge < -0.3 is 30.1 Å². The zero-order chi connectivity index (χ0) is 35.2. The number of aromatic hydroxyl groups is 1. The van der Waals surface area contributed by atoms with Crippen LogP contribution in [-0.2, 0) is 30.3 Å². The maximum absolute atomic E-state index is 14.5. The second-order valence-corrected chi connectivity index (χ2v) is 14.5. The van der Waals surface area contributed by atoms with Crippen LogP contribution in [0.25, 0.3) is 0 Å². The lowest BCUT2D eigenvalue weighted by molar-refractivity contribution is -0.159. The summed E-state index contributed by atoms with van der Waals surface area (Å²) < 4.78 is 11.2. The van der Waals surface area contributed by atoms with Crippen molar-refractivity contribution in [3.05, 3.63) is 65.7 Å². The SMILES string of the molecule is CCCCCN(C(=O)C(CCSC)NC(=O)OC(C)(C)C)C(C(=O)NC(Cc1ccccc1)C(=O)OC(C)(C)C)c1ccccc1O. The zero-order valence-corrected chi connectivity index (χ0v) is 29.9. The minimum Gasteiger partial charge on any atom is -0.508 e. The van der Waals surface area contributed by atoms with Crippen LogP contribution in [-0.4, -0.2) is 75.7 Å². The average molecular weight is 672 g/mol. The fourth-order valence-corrected chi connectivity index (χ4v) is 5.35. The van der Waals surface area contributed by atoms with Crippen LogP contribution in [0.2, 0.25) is 0 Å². The number of phenols is 1. The lowest BCUT2D eigenvalue weighted by atomic mass is 9.99. The van der Waals surface area contributed by atoms with E-state index in [9.17, 15) is 24.3 Å². The van der Waals surface area contributed by atoms with Crippen LogP contribution in [0.5, 0.6) is 5.75 Å². The van der Waals surface area contributed by atoms with E-state index in [1.165, 1.54) is 22.7 Å². The van der Waals surface area contributed by atoms with E-state index in [0.717, 1.165) is 18.4 Å². The van der Waals surface area contributed by atoms with E-state index in [2.05, 4.69) is 10.6 Å². The molecule has 10 nitrogen and oxygen atoms in total. The smallest absolute Gasteiger partial charge is 0.408 e. The van der Waals surface area contributed by atoms with E-state index in [0.29, 0.717) is 12.2 Å². The third-order valence-corrected chi connectivity index (χ3v) is 7.61. The molecule has 0 heterocycles. The largest absolute Gasteiger partial charge is 0.508 e. The Balaban J connectivity index is 2.62. The topological polar surface area (TPSA) is 134 Å². The van der Waals surface area contributed by atoms with Gasteiger partial charge >= 0.3 is 12.1 Å². The third-order valence-electron chi connectivity index (χ3n) is 6.97. The van der Waals surface area contributed by atoms with Crippen molar-refractivity contribution in [3.8, 4) is 5.75 Å². The Morgan fingerprint density at radius 3 is 2.04 bits per heavy atom. The number of thioether (sulfide) groups is 1. The van der Waals surface area contributed by atoms with Gasteiger partial charge in [0, 0.05) is 18.5 Å². The van der Waals surface area contributed by atoms with Crippen LogP contribution < -0.4 is 10.6 Å². The highest BCUT2D eigenvalue weighted by Crippen LogP contribution is 2.31. The van der Waals surface area contributed by atoms with E-state index in [1.54, 1.807) is 59.7 Å². The van der Waals surface area contributed by atoms with Crippen LogP contribution in [0.4, 0.5) is 4.79 Å². The monoisotopic (exact) mass is 671 g/mol. The van der Waals surface area contributed by atoms with E-state index in [-0.39, 0.29) is 30.7 Å². The molecule has 11 heteroatoms. The normalized spacial score (nSPS) is 13.5. The number of alkyl carbamates (subject to hydrolysis) is 1. The number of amides is 3. The van der Waals surface area contributed by atoms with Gasteiger partial charge in [0.05, 0.1) is 0 Å². The number of carbonyl (C=O) groups excluding carboxylic acids is 4. The van der Waals surface area contributed by atoms with E-state index < -0.39 is 53.2 Å². The first-order valence-electron chi connectivity index (χ1n) is 16.2. The summed E-state index contributed by atoms with van der Waals surface area (Å²) in [6, 6.07) is 12.2. The molecule has 0 aliphatic carbocycles. The summed E-state index contributed by atoms with van der Waals surface area (Å²) >= 11 is 1.52. The maximum Gasteiger partial charge on any atom is 0.408 e. The van der Waals surface area contributed by atoms with Gasteiger partial charge in [-0.2, -0.15) is 11.8 Å². The Kier molecular flexibility index (Phi) is 15.6. The van der Waals surface area contributed by atoms with Gasteiger partial charge in [0.1, 0.15) is 35.1 Å². The molecule has 0 aliphatic heterocycles. The van der Waals surface area contributed by atoms with Gasteiger partial charge in [-0.1, -0.05) is 68.3 Å². The number of hydrogen-bond donors (Lipinski definition) is 3. The molecule has 3 unspecified atom stereocenters. The molecule has 2 rings (SSSR count). The molecule has 3 atom stereocenters. The number of para-hydroxylation sites is 1. The van der Waals surface area contributed by atoms with E-state index >= 15 is 0 Å². The number of benzene rings is 2. The summed E-state index contributed by atoms with van der Waals surface area (Å²) in [5.74, 6) is -1.41. The Morgan fingerprint density at radius 1 is 0.851 bits per heavy atom. The quantitative estimate of drug-likeness (QED) is 0.143. The van der Waals surface area contributed by atoms with Crippen molar-refractivity contribution in [2.24, 2.45) is 0 Å². The molecule has 0 spiro atoms. The predicted molar refractivity (Wildman–Crippen MR) is 186 cm³/mol. The van der Waals surface area contributed by atoms with Gasteiger partial charge in [0.15, 0.2) is 0 Å². The fourth-order valence-electron chi connectivity index (χ4n) is 4.88. The highest BCUT2D eigenvalue weighted by Gasteiger charge is 2.39. The molecule has 0 bridgehead atoms. The molecule has 260 valence electrons. The Labute approximate surface area is 284 Å². The maximum atomic E-state index is 14.5. The number of hydrogen-bond acceptors (Lipinski definition) is 8. The van der Waals surface area contributed by atoms with E-state index in [4.69, 9.17) is 9.47 Å². The van der Waals surface area contributed by atoms with Crippen LogP contribution in [0.1, 0.15) is 91.3 Å². The van der Waals surface area contributed by atoms with Crippen molar-refractivity contribution in [2.45, 2.75) is 110 Å². The standard InChI is InChI=1S/C36H53N3O7S/c1-9-10-16-22-39(32(42)27(21-23-47-8)38-34(44)46-36(5,6)7)30(26-19-14-15-20-29(26)40)31(41)37-28(33(43)45-35(2,3)4)24-25-17-12-11-13-18-25/h11-15,17-20,27-28,30,40H,9-10,16,21-24H2,1-8H3,(H,37,41)(H,38,44). The predicted octanol–water partition coefficient (Wildman–Crippen LogP) is 6.17. The summed E-state index contributed by atoms with van der Waals surface area (Å²) in [6.07, 6.45) is 3.79. The highest BCUT2D eigenvalue weighted by atomic mass is 32.2. The first kappa shape index (κ1) is 39.4. The van der Waals surface area contributed by atoms with Gasteiger partial charge in [-0.25, -0.2) is 9.59 Å². The van der Waals surface area contributed by atoms with Crippen LogP contribution in [0.15, 0.2) is 54.6 Å². The fraction of sp³-hybridized carbons (Fsp3) is 0.556. The number of carbonyl (C=O) groups is 4. The first-order valence-corrected chi connectivity index (χ1v) is 17.6. The number of rotatable bonds is 16. The molecule has 47 heavy (non-hydrogen) atoms. The van der Waals surface area contributed by atoms with Gasteiger partial charge in [-0.15, -0.1) is 0 Å². The lowest BCUT2D eigenvalue weighted by Gasteiger charge is -2.35. The highest BCUT2D eigenvalue weighted by molar-refractivity contribution is 7.98. The summed E-state index contributed by atoms with van der Waals surface area (Å²) in [5.41, 5.74) is -0.602.